The van der Waals surface area contributed by atoms with Gasteiger partial charge < -0.3 is 10.4 Å². The van der Waals surface area contributed by atoms with Crippen LogP contribution >= 0.6 is 0 Å². The molecule has 3 heteroatoms. The Labute approximate surface area is 109 Å². The van der Waals surface area contributed by atoms with E-state index >= 15 is 0 Å². The summed E-state index contributed by atoms with van der Waals surface area (Å²) >= 11 is 0. The predicted octanol–water partition coefficient (Wildman–Crippen LogP) is 3.02. The molecule has 1 amide bonds. The molecule has 2 N–H and O–H groups in total. The van der Waals surface area contributed by atoms with E-state index in [0.29, 0.717) is 6.42 Å². The average Bonchev–Trinajstić information content (AvgIpc) is 2.36. The molecule has 0 saturated heterocycles. The zero-order chi connectivity index (χ0) is 13.6. The highest BCUT2D eigenvalue weighted by Crippen LogP contribution is 2.19. The molecular formula is C15H23NO2. The molecule has 0 radical (unpaired) electrons. The number of phenolic OH excluding ortho intramolecular Hbond substituents is 1. The molecular weight excluding hydrogens is 226 g/mol. The van der Waals surface area contributed by atoms with Crippen LogP contribution in [0.5, 0.6) is 5.75 Å². The van der Waals surface area contributed by atoms with Gasteiger partial charge in [0.25, 0.3) is 0 Å². The fourth-order valence-electron chi connectivity index (χ4n) is 2.21. The number of amides is 1. The SMILES string of the molecule is CCC(CC)(CC)NC(=O)Cc1cccc(O)c1. The van der Waals surface area contributed by atoms with Crippen molar-refractivity contribution in [2.24, 2.45) is 0 Å². The lowest BCUT2D eigenvalue weighted by molar-refractivity contribution is -0.122. The molecule has 0 aromatic heterocycles. The first-order valence-corrected chi connectivity index (χ1v) is 6.64. The van der Waals surface area contributed by atoms with Crippen molar-refractivity contribution in [3.8, 4) is 5.75 Å². The monoisotopic (exact) mass is 249 g/mol. The molecule has 1 aromatic carbocycles. The molecule has 1 rings (SSSR count). The average molecular weight is 249 g/mol. The molecule has 0 aliphatic rings. The van der Waals surface area contributed by atoms with E-state index in [1.807, 2.05) is 6.07 Å². The summed E-state index contributed by atoms with van der Waals surface area (Å²) in [4.78, 5) is 12.0. The fourth-order valence-corrected chi connectivity index (χ4v) is 2.21. The number of benzene rings is 1. The minimum absolute atomic E-state index is 0.0196. The van der Waals surface area contributed by atoms with Crippen molar-refractivity contribution < 1.29 is 9.90 Å². The van der Waals surface area contributed by atoms with Gasteiger partial charge in [-0.1, -0.05) is 32.9 Å². The summed E-state index contributed by atoms with van der Waals surface area (Å²) in [6.45, 7) is 6.30. The van der Waals surface area contributed by atoms with Gasteiger partial charge in [-0.3, -0.25) is 4.79 Å². The molecule has 18 heavy (non-hydrogen) atoms. The Kier molecular flexibility index (Phi) is 5.20. The molecule has 0 heterocycles. The molecule has 0 fully saturated rings. The largest absolute Gasteiger partial charge is 0.508 e. The topological polar surface area (TPSA) is 49.3 Å². The highest BCUT2D eigenvalue weighted by atomic mass is 16.3. The van der Waals surface area contributed by atoms with E-state index in [1.54, 1.807) is 18.2 Å². The summed E-state index contributed by atoms with van der Waals surface area (Å²) in [5.41, 5.74) is 0.748. The number of hydrogen-bond acceptors (Lipinski definition) is 2. The molecule has 0 atom stereocenters. The van der Waals surface area contributed by atoms with Gasteiger partial charge in [0.05, 0.1) is 6.42 Å². The third kappa shape index (κ3) is 3.76. The van der Waals surface area contributed by atoms with Gasteiger partial charge >= 0.3 is 0 Å². The van der Waals surface area contributed by atoms with Crippen molar-refractivity contribution in [1.29, 1.82) is 0 Å². The van der Waals surface area contributed by atoms with Crippen LogP contribution in [0.15, 0.2) is 24.3 Å². The zero-order valence-electron chi connectivity index (χ0n) is 11.5. The van der Waals surface area contributed by atoms with Crippen LogP contribution in [0.25, 0.3) is 0 Å². The van der Waals surface area contributed by atoms with Crippen LogP contribution in [0, 0.1) is 0 Å². The van der Waals surface area contributed by atoms with Crippen LogP contribution in [0.3, 0.4) is 0 Å². The van der Waals surface area contributed by atoms with Gasteiger partial charge in [-0.25, -0.2) is 0 Å². The van der Waals surface area contributed by atoms with Gasteiger partial charge in [0.15, 0.2) is 0 Å². The highest BCUT2D eigenvalue weighted by Gasteiger charge is 2.25. The van der Waals surface area contributed by atoms with Crippen molar-refractivity contribution in [3.63, 3.8) is 0 Å². The molecule has 0 unspecified atom stereocenters. The maximum Gasteiger partial charge on any atom is 0.224 e. The van der Waals surface area contributed by atoms with Crippen LogP contribution in [-0.4, -0.2) is 16.6 Å². The van der Waals surface area contributed by atoms with E-state index in [1.165, 1.54) is 0 Å². The summed E-state index contributed by atoms with van der Waals surface area (Å²) < 4.78 is 0. The van der Waals surface area contributed by atoms with E-state index in [9.17, 15) is 9.90 Å². The van der Waals surface area contributed by atoms with Crippen molar-refractivity contribution in [1.82, 2.24) is 5.32 Å². The number of carbonyl (C=O) groups excluding carboxylic acids is 1. The molecule has 0 bridgehead atoms. The molecule has 0 aliphatic heterocycles. The molecule has 0 spiro atoms. The van der Waals surface area contributed by atoms with E-state index in [-0.39, 0.29) is 17.2 Å². The van der Waals surface area contributed by atoms with E-state index in [2.05, 4.69) is 26.1 Å². The van der Waals surface area contributed by atoms with E-state index < -0.39 is 0 Å². The number of aromatic hydroxyl groups is 1. The van der Waals surface area contributed by atoms with Gasteiger partial charge in [0.1, 0.15) is 5.75 Å². The molecule has 1 aromatic rings. The molecule has 100 valence electrons. The van der Waals surface area contributed by atoms with E-state index in [0.717, 1.165) is 24.8 Å². The van der Waals surface area contributed by atoms with Gasteiger partial charge in [-0.05, 0) is 37.0 Å². The number of hydrogen-bond donors (Lipinski definition) is 2. The first-order chi connectivity index (χ1) is 8.55. The normalized spacial score (nSPS) is 11.3. The number of carbonyl (C=O) groups is 1. The van der Waals surface area contributed by atoms with Crippen LogP contribution < -0.4 is 5.32 Å². The van der Waals surface area contributed by atoms with Crippen molar-refractivity contribution in [2.75, 3.05) is 0 Å². The van der Waals surface area contributed by atoms with Gasteiger partial charge in [0.2, 0.25) is 5.91 Å². The maximum absolute atomic E-state index is 12.0. The second-order valence-corrected chi connectivity index (χ2v) is 4.74. The summed E-state index contributed by atoms with van der Waals surface area (Å²) in [7, 11) is 0. The quantitative estimate of drug-likeness (QED) is 0.814. The number of phenols is 1. The first kappa shape index (κ1) is 14.6. The standard InChI is InChI=1S/C15H23NO2/c1-4-15(5-2,6-3)16-14(18)11-12-8-7-9-13(17)10-12/h7-10,17H,4-6,11H2,1-3H3,(H,16,18). The Balaban J connectivity index is 2.66. The van der Waals surface area contributed by atoms with Crippen LogP contribution in [0.1, 0.15) is 45.6 Å². The van der Waals surface area contributed by atoms with Crippen molar-refractivity contribution in [2.45, 2.75) is 52.0 Å². The third-order valence-electron chi connectivity index (χ3n) is 3.71. The molecule has 0 saturated carbocycles. The minimum atomic E-state index is -0.0894. The lowest BCUT2D eigenvalue weighted by Gasteiger charge is -2.31. The van der Waals surface area contributed by atoms with Crippen molar-refractivity contribution in [3.05, 3.63) is 29.8 Å². The van der Waals surface area contributed by atoms with Crippen molar-refractivity contribution >= 4 is 5.91 Å². The van der Waals surface area contributed by atoms with Gasteiger partial charge in [0, 0.05) is 5.54 Å². The first-order valence-electron chi connectivity index (χ1n) is 6.64. The van der Waals surface area contributed by atoms with Gasteiger partial charge in [-0.15, -0.1) is 0 Å². The molecule has 0 aliphatic carbocycles. The Bertz CT molecular complexity index is 389. The summed E-state index contributed by atoms with van der Waals surface area (Å²) in [6, 6.07) is 6.84. The zero-order valence-corrected chi connectivity index (χ0v) is 11.5. The summed E-state index contributed by atoms with van der Waals surface area (Å²) in [5.74, 6) is 0.221. The lowest BCUT2D eigenvalue weighted by atomic mass is 9.89. The van der Waals surface area contributed by atoms with Crippen LogP contribution in [-0.2, 0) is 11.2 Å². The summed E-state index contributed by atoms with van der Waals surface area (Å²) in [5, 5.41) is 12.5. The third-order valence-corrected chi connectivity index (χ3v) is 3.71. The fraction of sp³-hybridized carbons (Fsp3) is 0.533. The minimum Gasteiger partial charge on any atom is -0.508 e. The van der Waals surface area contributed by atoms with E-state index in [4.69, 9.17) is 0 Å². The van der Waals surface area contributed by atoms with Crippen LogP contribution in [0.4, 0.5) is 0 Å². The van der Waals surface area contributed by atoms with Crippen LogP contribution in [0.2, 0.25) is 0 Å². The smallest absolute Gasteiger partial charge is 0.224 e. The maximum atomic E-state index is 12.0. The number of nitrogens with one attached hydrogen (secondary N) is 1. The predicted molar refractivity (Wildman–Crippen MR) is 73.6 cm³/mol. The number of rotatable bonds is 6. The Morgan fingerprint density at radius 2 is 1.83 bits per heavy atom. The Morgan fingerprint density at radius 1 is 1.22 bits per heavy atom. The Morgan fingerprint density at radius 3 is 2.33 bits per heavy atom. The second kappa shape index (κ2) is 6.43. The highest BCUT2D eigenvalue weighted by molar-refractivity contribution is 5.79. The lowest BCUT2D eigenvalue weighted by Crippen LogP contribution is -2.47. The summed E-state index contributed by atoms with van der Waals surface area (Å²) in [6.07, 6.45) is 3.12. The Hall–Kier alpha value is -1.51. The van der Waals surface area contributed by atoms with Gasteiger partial charge in [-0.2, -0.15) is 0 Å². The molecule has 3 nitrogen and oxygen atoms in total. The second-order valence-electron chi connectivity index (χ2n) is 4.74.